The highest BCUT2D eigenvalue weighted by Gasteiger charge is 2.31. The predicted molar refractivity (Wildman–Crippen MR) is 103 cm³/mol. The Morgan fingerprint density at radius 1 is 1.00 bits per heavy atom. The van der Waals surface area contributed by atoms with Crippen molar-refractivity contribution in [1.29, 1.82) is 0 Å². The van der Waals surface area contributed by atoms with Gasteiger partial charge in [0, 0.05) is 23.1 Å². The summed E-state index contributed by atoms with van der Waals surface area (Å²) in [6.45, 7) is 6.44. The Hall–Kier alpha value is -2.16. The molecule has 0 bridgehead atoms. The highest BCUT2D eigenvalue weighted by Crippen LogP contribution is 2.31. The fourth-order valence-corrected chi connectivity index (χ4v) is 3.64. The number of likely N-dealkylation sites (tertiary alicyclic amines) is 1. The van der Waals surface area contributed by atoms with Gasteiger partial charge in [-0.1, -0.05) is 6.42 Å². The molecule has 1 aliphatic rings. The van der Waals surface area contributed by atoms with Gasteiger partial charge in [-0.15, -0.1) is 0 Å². The molecule has 1 unspecified atom stereocenters. The van der Waals surface area contributed by atoms with Gasteiger partial charge >= 0.3 is 0 Å². The fourth-order valence-electron chi connectivity index (χ4n) is 3.64. The molecule has 2 aromatic rings. The number of aliphatic hydroxyl groups excluding tert-OH is 2. The summed E-state index contributed by atoms with van der Waals surface area (Å²) >= 11 is 0. The van der Waals surface area contributed by atoms with E-state index >= 15 is 0 Å². The summed E-state index contributed by atoms with van der Waals surface area (Å²) in [5.74, 6) is 1.87. The lowest BCUT2D eigenvalue weighted by Crippen LogP contribution is -2.46. The number of nitrogens with zero attached hydrogens (tertiary/aromatic N) is 5. The van der Waals surface area contributed by atoms with Gasteiger partial charge in [0.05, 0.1) is 25.3 Å². The van der Waals surface area contributed by atoms with Crippen LogP contribution >= 0.6 is 0 Å². The molecule has 27 heavy (non-hydrogen) atoms. The van der Waals surface area contributed by atoms with E-state index in [0.29, 0.717) is 17.6 Å². The SMILES string of the molecule is Cc1cc(C)nc(Nc2cc(C)nc(C3CCCCN3C(CO)CO)n2)n1. The molecule has 8 heteroatoms. The summed E-state index contributed by atoms with van der Waals surface area (Å²) in [4.78, 5) is 20.3. The molecule has 0 spiro atoms. The topological polar surface area (TPSA) is 107 Å². The van der Waals surface area contributed by atoms with Crippen molar-refractivity contribution in [2.24, 2.45) is 0 Å². The van der Waals surface area contributed by atoms with Crippen LogP contribution in [0.2, 0.25) is 0 Å². The zero-order valence-electron chi connectivity index (χ0n) is 16.2. The lowest BCUT2D eigenvalue weighted by molar-refractivity contribution is 0.0214. The van der Waals surface area contributed by atoms with Crippen LogP contribution < -0.4 is 5.32 Å². The maximum Gasteiger partial charge on any atom is 0.228 e. The molecular formula is C19H28N6O2. The van der Waals surface area contributed by atoms with Gasteiger partial charge in [0.15, 0.2) is 0 Å². The van der Waals surface area contributed by atoms with Crippen molar-refractivity contribution in [3.8, 4) is 0 Å². The summed E-state index contributed by atoms with van der Waals surface area (Å²) in [7, 11) is 0. The number of aliphatic hydroxyl groups is 2. The Bertz CT molecular complexity index is 761. The lowest BCUT2D eigenvalue weighted by Gasteiger charge is -2.39. The molecule has 0 amide bonds. The maximum absolute atomic E-state index is 9.63. The smallest absolute Gasteiger partial charge is 0.228 e. The first-order valence-corrected chi connectivity index (χ1v) is 9.42. The van der Waals surface area contributed by atoms with Gasteiger partial charge in [0.2, 0.25) is 5.95 Å². The zero-order chi connectivity index (χ0) is 19.4. The Morgan fingerprint density at radius 3 is 2.33 bits per heavy atom. The summed E-state index contributed by atoms with van der Waals surface area (Å²) in [6.07, 6.45) is 3.02. The van der Waals surface area contributed by atoms with E-state index in [9.17, 15) is 10.2 Å². The van der Waals surface area contributed by atoms with Gasteiger partial charge in [-0.05, 0) is 46.2 Å². The highest BCUT2D eigenvalue weighted by atomic mass is 16.3. The first-order valence-electron chi connectivity index (χ1n) is 9.42. The monoisotopic (exact) mass is 372 g/mol. The second-order valence-electron chi connectivity index (χ2n) is 7.12. The molecule has 3 heterocycles. The average Bonchev–Trinajstić information content (AvgIpc) is 2.62. The van der Waals surface area contributed by atoms with E-state index in [1.54, 1.807) is 0 Å². The molecule has 3 rings (SSSR count). The predicted octanol–water partition coefficient (Wildman–Crippen LogP) is 1.82. The fraction of sp³-hybridized carbons (Fsp3) is 0.579. The summed E-state index contributed by atoms with van der Waals surface area (Å²) in [5, 5.41) is 22.4. The van der Waals surface area contributed by atoms with Gasteiger partial charge in [0.25, 0.3) is 0 Å². The number of aryl methyl sites for hydroxylation is 3. The van der Waals surface area contributed by atoms with Crippen LogP contribution in [-0.4, -0.2) is 60.8 Å². The van der Waals surface area contributed by atoms with Gasteiger partial charge < -0.3 is 15.5 Å². The second kappa shape index (κ2) is 8.69. The normalized spacial score (nSPS) is 18.1. The molecular weight excluding hydrogens is 344 g/mol. The van der Waals surface area contributed by atoms with Crippen LogP contribution in [0.4, 0.5) is 11.8 Å². The first kappa shape index (κ1) is 19.6. The minimum atomic E-state index is -0.293. The highest BCUT2D eigenvalue weighted by molar-refractivity contribution is 5.48. The van der Waals surface area contributed by atoms with E-state index in [4.69, 9.17) is 4.98 Å². The summed E-state index contributed by atoms with van der Waals surface area (Å²) < 4.78 is 0. The number of aromatic nitrogens is 4. The average molecular weight is 372 g/mol. The number of rotatable bonds is 6. The number of hydrogen-bond donors (Lipinski definition) is 3. The van der Waals surface area contributed by atoms with Crippen LogP contribution in [0.25, 0.3) is 0 Å². The molecule has 0 aromatic carbocycles. The number of piperidine rings is 1. The third-order valence-corrected chi connectivity index (χ3v) is 4.83. The van der Waals surface area contributed by atoms with Crippen molar-refractivity contribution < 1.29 is 10.2 Å². The maximum atomic E-state index is 9.63. The van der Waals surface area contributed by atoms with E-state index in [0.717, 1.165) is 42.9 Å². The molecule has 3 N–H and O–H groups in total. The molecule has 1 saturated heterocycles. The van der Waals surface area contributed by atoms with Crippen LogP contribution in [0.5, 0.6) is 0 Å². The zero-order valence-corrected chi connectivity index (χ0v) is 16.2. The molecule has 0 aliphatic carbocycles. The van der Waals surface area contributed by atoms with E-state index < -0.39 is 0 Å². The van der Waals surface area contributed by atoms with E-state index in [1.807, 2.05) is 32.9 Å². The van der Waals surface area contributed by atoms with Crippen molar-refractivity contribution in [3.63, 3.8) is 0 Å². The van der Waals surface area contributed by atoms with E-state index in [2.05, 4.69) is 25.2 Å². The number of nitrogens with one attached hydrogen (secondary N) is 1. The van der Waals surface area contributed by atoms with Crippen molar-refractivity contribution in [1.82, 2.24) is 24.8 Å². The van der Waals surface area contributed by atoms with Crippen LogP contribution in [0.1, 0.15) is 48.2 Å². The standard InChI is InChI=1S/C19H28N6O2/c1-12-8-13(2)22-19(21-12)24-17-9-14(3)20-18(23-17)16-6-4-5-7-25(16)15(10-26)11-27/h8-9,15-16,26-27H,4-7,10-11H2,1-3H3,(H,20,21,22,23,24). The van der Waals surface area contributed by atoms with Crippen molar-refractivity contribution in [3.05, 3.63) is 35.0 Å². The van der Waals surface area contributed by atoms with Crippen LogP contribution in [-0.2, 0) is 0 Å². The van der Waals surface area contributed by atoms with Crippen molar-refractivity contribution >= 4 is 11.8 Å². The first-order chi connectivity index (χ1) is 13.0. The van der Waals surface area contributed by atoms with Gasteiger partial charge in [-0.3, -0.25) is 4.90 Å². The Balaban J connectivity index is 1.89. The number of hydrogen-bond acceptors (Lipinski definition) is 8. The van der Waals surface area contributed by atoms with E-state index in [1.165, 1.54) is 0 Å². The largest absolute Gasteiger partial charge is 0.395 e. The molecule has 1 aliphatic heterocycles. The van der Waals surface area contributed by atoms with Crippen LogP contribution in [0.15, 0.2) is 12.1 Å². The van der Waals surface area contributed by atoms with Crippen molar-refractivity contribution in [2.45, 2.75) is 52.1 Å². The Morgan fingerprint density at radius 2 is 1.67 bits per heavy atom. The molecule has 2 aromatic heterocycles. The van der Waals surface area contributed by atoms with Crippen LogP contribution in [0, 0.1) is 20.8 Å². The molecule has 8 nitrogen and oxygen atoms in total. The van der Waals surface area contributed by atoms with E-state index in [-0.39, 0.29) is 25.3 Å². The molecule has 1 fully saturated rings. The lowest BCUT2D eigenvalue weighted by atomic mass is 9.99. The van der Waals surface area contributed by atoms with Gasteiger partial charge in [0.1, 0.15) is 11.6 Å². The second-order valence-corrected chi connectivity index (χ2v) is 7.12. The van der Waals surface area contributed by atoms with Crippen molar-refractivity contribution in [2.75, 3.05) is 25.1 Å². The molecule has 0 saturated carbocycles. The third kappa shape index (κ3) is 4.77. The summed E-state index contributed by atoms with van der Waals surface area (Å²) in [5.41, 5.74) is 2.63. The molecule has 0 radical (unpaired) electrons. The van der Waals surface area contributed by atoms with Gasteiger partial charge in [-0.2, -0.15) is 0 Å². The third-order valence-electron chi connectivity index (χ3n) is 4.83. The Kier molecular flexibility index (Phi) is 6.30. The number of anilines is 2. The van der Waals surface area contributed by atoms with Crippen LogP contribution in [0.3, 0.4) is 0 Å². The quantitative estimate of drug-likeness (QED) is 0.705. The minimum Gasteiger partial charge on any atom is -0.395 e. The summed E-state index contributed by atoms with van der Waals surface area (Å²) in [6, 6.07) is 3.47. The molecule has 1 atom stereocenters. The Labute approximate surface area is 159 Å². The molecule has 146 valence electrons. The minimum absolute atomic E-state index is 0.0244. The van der Waals surface area contributed by atoms with Gasteiger partial charge in [-0.25, -0.2) is 19.9 Å².